The van der Waals surface area contributed by atoms with E-state index in [0.29, 0.717) is 5.16 Å². The summed E-state index contributed by atoms with van der Waals surface area (Å²) in [5, 5.41) is 0.625. The number of H-pyrrole nitrogens is 1. The molecule has 1 aromatic carbocycles. The Morgan fingerprint density at radius 2 is 2.17 bits per heavy atom. The lowest BCUT2D eigenvalue weighted by Gasteiger charge is -1.97. The van der Waals surface area contributed by atoms with E-state index in [2.05, 4.69) is 14.7 Å². The molecule has 1 heterocycles. The highest BCUT2D eigenvalue weighted by atomic mass is 32.2. The fourth-order valence-corrected chi connectivity index (χ4v) is 2.02. The third-order valence-corrected chi connectivity index (χ3v) is 3.12. The summed E-state index contributed by atoms with van der Waals surface area (Å²) in [5.41, 5.74) is 1.62. The number of thioether (sulfide) groups is 1. The van der Waals surface area contributed by atoms with Gasteiger partial charge in [0.05, 0.1) is 24.8 Å². The van der Waals surface area contributed by atoms with Gasteiger partial charge in [-0.05, 0) is 29.8 Å². The summed E-state index contributed by atoms with van der Waals surface area (Å²) in [7, 11) is 1.34. The maximum Gasteiger partial charge on any atom is 0.316 e. The number of imidazole rings is 1. The Kier molecular flexibility index (Phi) is 3.99. The zero-order valence-corrected chi connectivity index (χ0v) is 10.5. The van der Waals surface area contributed by atoms with Crippen molar-refractivity contribution in [2.75, 3.05) is 12.9 Å². The van der Waals surface area contributed by atoms with Gasteiger partial charge < -0.3 is 9.72 Å². The molecular weight excluding hydrogens is 255 g/mol. The molecule has 0 radical (unpaired) electrons. The number of hydrogen-bond acceptors (Lipinski definition) is 4. The van der Waals surface area contributed by atoms with Crippen LogP contribution in [0.15, 0.2) is 35.6 Å². The number of rotatable bonds is 4. The van der Waals surface area contributed by atoms with Crippen LogP contribution in [0.4, 0.5) is 4.39 Å². The van der Waals surface area contributed by atoms with Crippen molar-refractivity contribution in [3.05, 3.63) is 36.3 Å². The second kappa shape index (κ2) is 5.68. The van der Waals surface area contributed by atoms with E-state index in [0.717, 1.165) is 11.3 Å². The summed E-state index contributed by atoms with van der Waals surface area (Å²) in [6.07, 6.45) is 1.65. The molecule has 6 heteroatoms. The SMILES string of the molecule is COC(=O)CSc1ncc(-c2ccc(F)cc2)[nH]1. The standard InChI is InChI=1S/C12H11FN2O2S/c1-17-11(16)7-18-12-14-6-10(15-12)8-2-4-9(13)5-3-8/h2-6H,7H2,1H3,(H,14,15). The highest BCUT2D eigenvalue weighted by Crippen LogP contribution is 2.21. The first-order valence-electron chi connectivity index (χ1n) is 5.19. The molecule has 0 atom stereocenters. The number of nitrogens with one attached hydrogen (secondary N) is 1. The Hall–Kier alpha value is -1.82. The molecule has 94 valence electrons. The van der Waals surface area contributed by atoms with Crippen LogP contribution in [0.1, 0.15) is 0 Å². The van der Waals surface area contributed by atoms with Crippen molar-refractivity contribution in [3.8, 4) is 11.3 Å². The number of methoxy groups -OCH3 is 1. The van der Waals surface area contributed by atoms with E-state index in [1.807, 2.05) is 0 Å². The fraction of sp³-hybridized carbons (Fsp3) is 0.167. The molecule has 18 heavy (non-hydrogen) atoms. The Morgan fingerprint density at radius 3 is 2.83 bits per heavy atom. The quantitative estimate of drug-likeness (QED) is 0.682. The van der Waals surface area contributed by atoms with Crippen molar-refractivity contribution in [3.63, 3.8) is 0 Å². The Balaban J connectivity index is 2.06. The van der Waals surface area contributed by atoms with Crippen LogP contribution in [0.5, 0.6) is 0 Å². The van der Waals surface area contributed by atoms with Crippen molar-refractivity contribution in [2.24, 2.45) is 0 Å². The molecule has 2 aromatic rings. The van der Waals surface area contributed by atoms with Crippen LogP contribution < -0.4 is 0 Å². The topological polar surface area (TPSA) is 55.0 Å². The van der Waals surface area contributed by atoms with Gasteiger partial charge in [-0.15, -0.1) is 0 Å². The summed E-state index contributed by atoms with van der Waals surface area (Å²) in [4.78, 5) is 18.2. The molecular formula is C12H11FN2O2S. The molecule has 0 fully saturated rings. The van der Waals surface area contributed by atoms with Gasteiger partial charge in [-0.3, -0.25) is 4.79 Å². The molecule has 0 saturated carbocycles. The summed E-state index contributed by atoms with van der Waals surface area (Å²) in [6.45, 7) is 0. The summed E-state index contributed by atoms with van der Waals surface area (Å²) >= 11 is 1.26. The largest absolute Gasteiger partial charge is 0.468 e. The Bertz CT molecular complexity index is 539. The maximum absolute atomic E-state index is 12.8. The van der Waals surface area contributed by atoms with Crippen molar-refractivity contribution >= 4 is 17.7 Å². The van der Waals surface area contributed by atoms with Gasteiger partial charge in [-0.25, -0.2) is 9.37 Å². The van der Waals surface area contributed by atoms with E-state index in [1.165, 1.54) is 31.0 Å². The van der Waals surface area contributed by atoms with Gasteiger partial charge in [-0.2, -0.15) is 0 Å². The van der Waals surface area contributed by atoms with Gasteiger partial charge in [-0.1, -0.05) is 11.8 Å². The average Bonchev–Trinajstić information content (AvgIpc) is 2.85. The number of ether oxygens (including phenoxy) is 1. The van der Waals surface area contributed by atoms with Gasteiger partial charge in [0.15, 0.2) is 5.16 Å². The van der Waals surface area contributed by atoms with Crippen molar-refractivity contribution in [2.45, 2.75) is 5.16 Å². The van der Waals surface area contributed by atoms with Gasteiger partial charge in [0, 0.05) is 0 Å². The normalized spacial score (nSPS) is 10.3. The number of benzene rings is 1. The number of esters is 1. The lowest BCUT2D eigenvalue weighted by Crippen LogP contribution is -2.03. The maximum atomic E-state index is 12.8. The van der Waals surface area contributed by atoms with Gasteiger partial charge >= 0.3 is 5.97 Å². The minimum atomic E-state index is -0.306. The van der Waals surface area contributed by atoms with E-state index >= 15 is 0 Å². The van der Waals surface area contributed by atoms with E-state index < -0.39 is 0 Å². The lowest BCUT2D eigenvalue weighted by molar-refractivity contribution is -0.137. The summed E-state index contributed by atoms with van der Waals surface area (Å²) in [5.74, 6) is -0.384. The molecule has 4 nitrogen and oxygen atoms in total. The molecule has 0 amide bonds. The van der Waals surface area contributed by atoms with Crippen molar-refractivity contribution < 1.29 is 13.9 Å². The third kappa shape index (κ3) is 3.10. The summed E-state index contributed by atoms with van der Waals surface area (Å²) in [6, 6.07) is 6.10. The Labute approximate surface area is 108 Å². The minimum Gasteiger partial charge on any atom is -0.468 e. The molecule has 1 N–H and O–H groups in total. The van der Waals surface area contributed by atoms with Crippen molar-refractivity contribution in [1.82, 2.24) is 9.97 Å². The number of halogens is 1. The molecule has 0 unspecified atom stereocenters. The van der Waals surface area contributed by atoms with Crippen LogP contribution in [0.3, 0.4) is 0 Å². The number of nitrogens with zero attached hydrogens (tertiary/aromatic N) is 1. The third-order valence-electron chi connectivity index (χ3n) is 2.26. The van der Waals surface area contributed by atoms with Crippen LogP contribution in [0, 0.1) is 5.82 Å². The lowest BCUT2D eigenvalue weighted by atomic mass is 10.2. The van der Waals surface area contributed by atoms with Gasteiger partial charge in [0.2, 0.25) is 0 Å². The first-order valence-corrected chi connectivity index (χ1v) is 6.18. The van der Waals surface area contributed by atoms with E-state index in [-0.39, 0.29) is 17.5 Å². The second-order valence-corrected chi connectivity index (χ2v) is 4.44. The van der Waals surface area contributed by atoms with Crippen LogP contribution in [0.2, 0.25) is 0 Å². The van der Waals surface area contributed by atoms with E-state index in [9.17, 15) is 9.18 Å². The molecule has 0 saturated heterocycles. The molecule has 2 rings (SSSR count). The molecule has 1 aromatic heterocycles. The van der Waals surface area contributed by atoms with E-state index in [1.54, 1.807) is 18.3 Å². The molecule has 0 spiro atoms. The van der Waals surface area contributed by atoms with Crippen LogP contribution in [-0.4, -0.2) is 28.8 Å². The highest BCUT2D eigenvalue weighted by Gasteiger charge is 2.07. The monoisotopic (exact) mass is 266 g/mol. The van der Waals surface area contributed by atoms with Crippen molar-refractivity contribution in [1.29, 1.82) is 0 Å². The van der Waals surface area contributed by atoms with Crippen LogP contribution in [0.25, 0.3) is 11.3 Å². The first-order chi connectivity index (χ1) is 8.69. The zero-order chi connectivity index (χ0) is 13.0. The highest BCUT2D eigenvalue weighted by molar-refractivity contribution is 7.99. The smallest absolute Gasteiger partial charge is 0.316 e. The van der Waals surface area contributed by atoms with E-state index in [4.69, 9.17) is 0 Å². The van der Waals surface area contributed by atoms with Gasteiger partial charge in [0.1, 0.15) is 5.82 Å². The average molecular weight is 266 g/mol. The first kappa shape index (κ1) is 12.6. The minimum absolute atomic E-state index is 0.201. The number of hydrogen-bond donors (Lipinski definition) is 1. The predicted octanol–water partition coefficient (Wildman–Crippen LogP) is 2.48. The van der Waals surface area contributed by atoms with Crippen LogP contribution >= 0.6 is 11.8 Å². The number of carbonyl (C=O) groups is 1. The number of aromatic nitrogens is 2. The zero-order valence-electron chi connectivity index (χ0n) is 9.64. The number of aromatic amines is 1. The van der Waals surface area contributed by atoms with Gasteiger partial charge in [0.25, 0.3) is 0 Å². The molecule has 0 aliphatic heterocycles. The Morgan fingerprint density at radius 1 is 1.44 bits per heavy atom. The van der Waals surface area contributed by atoms with Crippen LogP contribution in [-0.2, 0) is 9.53 Å². The molecule has 0 aliphatic rings. The fourth-order valence-electron chi connectivity index (χ4n) is 1.34. The second-order valence-electron chi connectivity index (χ2n) is 3.47. The summed E-state index contributed by atoms with van der Waals surface area (Å²) < 4.78 is 17.3. The predicted molar refractivity (Wildman–Crippen MR) is 66.7 cm³/mol. The number of carbonyl (C=O) groups excluding carboxylic acids is 1. The molecule has 0 bridgehead atoms. The molecule has 0 aliphatic carbocycles.